The van der Waals surface area contributed by atoms with Gasteiger partial charge in [-0.25, -0.2) is 0 Å². The largest absolute Gasteiger partial charge is 0.494 e. The predicted octanol–water partition coefficient (Wildman–Crippen LogP) is 6.35. The Balaban J connectivity index is 1.45. The number of anilines is 1. The van der Waals surface area contributed by atoms with Gasteiger partial charge in [0.05, 0.1) is 6.61 Å². The van der Waals surface area contributed by atoms with Crippen LogP contribution in [-0.2, 0) is 6.61 Å². The van der Waals surface area contributed by atoms with Gasteiger partial charge in [0.2, 0.25) is 0 Å². The van der Waals surface area contributed by atoms with Crippen molar-refractivity contribution in [3.8, 4) is 11.5 Å². The van der Waals surface area contributed by atoms with Crippen molar-refractivity contribution in [2.24, 2.45) is 0 Å². The Bertz CT molecular complexity index is 1020. The molecule has 0 aromatic heterocycles. The van der Waals surface area contributed by atoms with E-state index in [1.807, 2.05) is 54.6 Å². The van der Waals surface area contributed by atoms with Crippen LogP contribution in [-0.4, -0.2) is 17.6 Å². The topological polar surface area (TPSA) is 59.6 Å². The fraction of sp³-hybridized carbons (Fsp3) is 0.259. The van der Waals surface area contributed by atoms with Crippen molar-refractivity contribution in [1.29, 1.82) is 0 Å². The summed E-state index contributed by atoms with van der Waals surface area (Å²) in [4.78, 5) is 12.5. The predicted molar refractivity (Wildman–Crippen MR) is 137 cm³/mol. The molecule has 0 unspecified atom stereocenters. The third-order valence-corrected chi connectivity index (χ3v) is 5.15. The maximum atomic E-state index is 12.5. The zero-order valence-electron chi connectivity index (χ0n) is 18.9. The molecule has 3 rings (SSSR count). The standard InChI is InChI=1S/C27H30N2O3S/c1-2-3-4-8-18-31-24-16-14-22(15-17-24)26(30)29-27(33)28-23-12-9-13-25(19-23)32-20-21-10-6-5-7-11-21/h5-7,9-17,19H,2-4,8,18,20H2,1H3,(H2,28,29,30,33). The van der Waals surface area contributed by atoms with Crippen LogP contribution in [0.25, 0.3) is 0 Å². The number of ether oxygens (including phenoxy) is 2. The summed E-state index contributed by atoms with van der Waals surface area (Å²) in [5, 5.41) is 5.96. The van der Waals surface area contributed by atoms with Crippen LogP contribution in [0.4, 0.5) is 5.69 Å². The van der Waals surface area contributed by atoms with Gasteiger partial charge < -0.3 is 14.8 Å². The molecule has 172 valence electrons. The molecule has 3 aromatic rings. The molecular weight excluding hydrogens is 432 g/mol. The van der Waals surface area contributed by atoms with E-state index in [9.17, 15) is 4.79 Å². The fourth-order valence-corrected chi connectivity index (χ4v) is 3.37. The Labute approximate surface area is 201 Å². The number of amides is 1. The van der Waals surface area contributed by atoms with E-state index in [0.29, 0.717) is 24.5 Å². The number of carbonyl (C=O) groups excluding carboxylic acids is 1. The molecule has 0 atom stereocenters. The van der Waals surface area contributed by atoms with Crippen molar-refractivity contribution in [1.82, 2.24) is 5.32 Å². The molecule has 0 spiro atoms. The number of hydrogen-bond donors (Lipinski definition) is 2. The van der Waals surface area contributed by atoms with E-state index in [-0.39, 0.29) is 11.0 Å². The van der Waals surface area contributed by atoms with Gasteiger partial charge in [-0.3, -0.25) is 10.1 Å². The average molecular weight is 463 g/mol. The number of rotatable bonds is 11. The highest BCUT2D eigenvalue weighted by Crippen LogP contribution is 2.19. The van der Waals surface area contributed by atoms with Crippen LogP contribution in [0.1, 0.15) is 48.5 Å². The van der Waals surface area contributed by atoms with Gasteiger partial charge in [-0.05, 0) is 60.6 Å². The lowest BCUT2D eigenvalue weighted by molar-refractivity contribution is 0.0977. The maximum absolute atomic E-state index is 12.5. The maximum Gasteiger partial charge on any atom is 0.257 e. The smallest absolute Gasteiger partial charge is 0.257 e. The summed E-state index contributed by atoms with van der Waals surface area (Å²) in [6.07, 6.45) is 4.63. The first kappa shape index (κ1) is 24.3. The summed E-state index contributed by atoms with van der Waals surface area (Å²) in [6, 6.07) is 24.5. The SMILES string of the molecule is CCCCCCOc1ccc(C(=O)NC(=S)Nc2cccc(OCc3ccccc3)c2)cc1. The average Bonchev–Trinajstić information content (AvgIpc) is 2.84. The Morgan fingerprint density at radius 3 is 2.39 bits per heavy atom. The zero-order valence-corrected chi connectivity index (χ0v) is 19.7. The number of nitrogens with one attached hydrogen (secondary N) is 2. The minimum absolute atomic E-state index is 0.219. The van der Waals surface area contributed by atoms with Crippen LogP contribution in [0.3, 0.4) is 0 Å². The van der Waals surface area contributed by atoms with Crippen LogP contribution in [0.5, 0.6) is 11.5 Å². The van der Waals surface area contributed by atoms with Gasteiger partial charge in [0, 0.05) is 17.3 Å². The molecule has 0 fully saturated rings. The molecule has 0 bridgehead atoms. The number of unbranched alkanes of at least 4 members (excludes halogenated alkanes) is 3. The van der Waals surface area contributed by atoms with Crippen molar-refractivity contribution < 1.29 is 14.3 Å². The van der Waals surface area contributed by atoms with E-state index in [4.69, 9.17) is 21.7 Å². The Morgan fingerprint density at radius 1 is 0.848 bits per heavy atom. The van der Waals surface area contributed by atoms with E-state index >= 15 is 0 Å². The quantitative estimate of drug-likeness (QED) is 0.257. The Kier molecular flexibility index (Phi) is 9.73. The molecule has 0 radical (unpaired) electrons. The molecule has 5 nitrogen and oxygen atoms in total. The molecule has 0 saturated heterocycles. The van der Waals surface area contributed by atoms with Gasteiger partial charge in [-0.15, -0.1) is 0 Å². The first-order valence-electron chi connectivity index (χ1n) is 11.3. The molecule has 6 heteroatoms. The second kappa shape index (κ2) is 13.2. The monoisotopic (exact) mass is 462 g/mol. The van der Waals surface area contributed by atoms with Crippen LogP contribution in [0.2, 0.25) is 0 Å². The summed E-state index contributed by atoms with van der Waals surface area (Å²) < 4.78 is 11.6. The van der Waals surface area contributed by atoms with Crippen LogP contribution >= 0.6 is 12.2 Å². The van der Waals surface area contributed by atoms with E-state index < -0.39 is 0 Å². The zero-order chi connectivity index (χ0) is 23.3. The molecule has 33 heavy (non-hydrogen) atoms. The van der Waals surface area contributed by atoms with Gasteiger partial charge in [0.15, 0.2) is 5.11 Å². The van der Waals surface area contributed by atoms with Gasteiger partial charge in [0.1, 0.15) is 18.1 Å². The first-order valence-corrected chi connectivity index (χ1v) is 11.7. The van der Waals surface area contributed by atoms with Crippen LogP contribution in [0, 0.1) is 0 Å². The Hall–Kier alpha value is -3.38. The summed E-state index contributed by atoms with van der Waals surface area (Å²) in [5.74, 6) is 1.19. The summed E-state index contributed by atoms with van der Waals surface area (Å²) in [6.45, 7) is 3.35. The summed E-state index contributed by atoms with van der Waals surface area (Å²) in [5.41, 5.74) is 2.33. The van der Waals surface area contributed by atoms with E-state index in [0.717, 1.165) is 23.4 Å². The molecule has 0 aliphatic heterocycles. The van der Waals surface area contributed by atoms with Crippen molar-refractivity contribution in [3.05, 3.63) is 90.0 Å². The van der Waals surface area contributed by atoms with Gasteiger partial charge in [0.25, 0.3) is 5.91 Å². The highest BCUT2D eigenvalue weighted by atomic mass is 32.1. The van der Waals surface area contributed by atoms with E-state index in [1.165, 1.54) is 19.3 Å². The minimum atomic E-state index is -0.279. The number of thiocarbonyl (C=S) groups is 1. The summed E-state index contributed by atoms with van der Waals surface area (Å²) in [7, 11) is 0. The molecule has 0 saturated carbocycles. The van der Waals surface area contributed by atoms with Gasteiger partial charge in [-0.2, -0.15) is 0 Å². The van der Waals surface area contributed by atoms with Crippen molar-refractivity contribution >= 4 is 28.9 Å². The van der Waals surface area contributed by atoms with E-state index in [1.54, 1.807) is 24.3 Å². The van der Waals surface area contributed by atoms with Crippen molar-refractivity contribution in [3.63, 3.8) is 0 Å². The van der Waals surface area contributed by atoms with Crippen LogP contribution in [0.15, 0.2) is 78.9 Å². The number of carbonyl (C=O) groups is 1. The number of hydrogen-bond acceptors (Lipinski definition) is 4. The number of benzene rings is 3. The Morgan fingerprint density at radius 2 is 1.64 bits per heavy atom. The highest BCUT2D eigenvalue weighted by Gasteiger charge is 2.09. The van der Waals surface area contributed by atoms with Crippen LogP contribution < -0.4 is 20.1 Å². The molecule has 0 aliphatic carbocycles. The minimum Gasteiger partial charge on any atom is -0.494 e. The molecular formula is C27H30N2O3S. The first-order chi connectivity index (χ1) is 16.1. The van der Waals surface area contributed by atoms with Crippen molar-refractivity contribution in [2.75, 3.05) is 11.9 Å². The second-order valence-corrected chi connectivity index (χ2v) is 8.05. The fourth-order valence-electron chi connectivity index (χ4n) is 3.16. The lowest BCUT2D eigenvalue weighted by Crippen LogP contribution is -2.34. The van der Waals surface area contributed by atoms with Gasteiger partial charge >= 0.3 is 0 Å². The van der Waals surface area contributed by atoms with E-state index in [2.05, 4.69) is 17.6 Å². The molecule has 0 aliphatic rings. The lowest BCUT2D eigenvalue weighted by atomic mass is 10.2. The lowest BCUT2D eigenvalue weighted by Gasteiger charge is -2.12. The second-order valence-electron chi connectivity index (χ2n) is 7.64. The molecule has 1 amide bonds. The van der Waals surface area contributed by atoms with Gasteiger partial charge in [-0.1, -0.05) is 62.6 Å². The molecule has 3 aromatic carbocycles. The third-order valence-electron chi connectivity index (χ3n) is 4.95. The normalized spacial score (nSPS) is 10.3. The summed E-state index contributed by atoms with van der Waals surface area (Å²) >= 11 is 5.31. The molecule has 0 heterocycles. The van der Waals surface area contributed by atoms with Crippen molar-refractivity contribution in [2.45, 2.75) is 39.2 Å². The third kappa shape index (κ3) is 8.58. The molecule has 2 N–H and O–H groups in total. The highest BCUT2D eigenvalue weighted by molar-refractivity contribution is 7.80.